The first-order chi connectivity index (χ1) is 16.8. The highest BCUT2D eigenvalue weighted by atomic mass is 32.2. The summed E-state index contributed by atoms with van der Waals surface area (Å²) in [6.45, 7) is 0. The van der Waals surface area contributed by atoms with Crippen LogP contribution in [0.3, 0.4) is 0 Å². The molecular formula is C26H30N4O2S2. The molecule has 178 valence electrons. The molecule has 4 aromatic rings. The third kappa shape index (κ3) is 8.65. The Balaban J connectivity index is 1.01. The highest BCUT2D eigenvalue weighted by Gasteiger charge is 2.08. The van der Waals surface area contributed by atoms with Gasteiger partial charge < -0.3 is 8.83 Å². The van der Waals surface area contributed by atoms with Crippen LogP contribution in [0.2, 0.25) is 0 Å². The van der Waals surface area contributed by atoms with Crippen molar-refractivity contribution < 1.29 is 8.83 Å². The van der Waals surface area contributed by atoms with Crippen molar-refractivity contribution >= 4 is 23.5 Å². The van der Waals surface area contributed by atoms with Crippen molar-refractivity contribution in [3.05, 3.63) is 83.6 Å². The zero-order chi connectivity index (χ0) is 23.3. The minimum Gasteiger partial charge on any atom is -0.416 e. The van der Waals surface area contributed by atoms with Gasteiger partial charge in [0.25, 0.3) is 10.4 Å². The van der Waals surface area contributed by atoms with Gasteiger partial charge >= 0.3 is 0 Å². The summed E-state index contributed by atoms with van der Waals surface area (Å²) in [7, 11) is 0. The summed E-state index contributed by atoms with van der Waals surface area (Å²) in [6, 6.07) is 20.7. The standard InChI is InChI=1S/C26H30N4O2S2/c1(3-11-17-23-27-29-25(31-23)33-19-21-13-7-5-8-14-21)2-4-12-18-24-28-30-26(32-24)34-20-22-15-9-6-10-16-22/h5-10,13-16H,1-4,11-12,17-20H2. The second kappa shape index (κ2) is 14.0. The molecule has 0 amide bonds. The number of hydrogen-bond donors (Lipinski definition) is 0. The van der Waals surface area contributed by atoms with Crippen LogP contribution in [0.1, 0.15) is 61.4 Å². The van der Waals surface area contributed by atoms with E-state index in [2.05, 4.69) is 44.7 Å². The van der Waals surface area contributed by atoms with Crippen molar-refractivity contribution in [2.45, 2.75) is 73.3 Å². The molecule has 0 N–H and O–H groups in total. The summed E-state index contributed by atoms with van der Waals surface area (Å²) >= 11 is 3.18. The van der Waals surface area contributed by atoms with Gasteiger partial charge in [0, 0.05) is 24.3 Å². The summed E-state index contributed by atoms with van der Waals surface area (Å²) in [5.41, 5.74) is 2.52. The Kier molecular flexibility index (Phi) is 10.1. The van der Waals surface area contributed by atoms with Gasteiger partial charge in [0.2, 0.25) is 11.8 Å². The minimum atomic E-state index is 0.654. The van der Waals surface area contributed by atoms with Gasteiger partial charge in [-0.1, -0.05) is 110 Å². The number of nitrogens with zero attached hydrogens (tertiary/aromatic N) is 4. The van der Waals surface area contributed by atoms with Crippen molar-refractivity contribution in [3.63, 3.8) is 0 Å². The molecule has 2 heterocycles. The summed E-state index contributed by atoms with van der Waals surface area (Å²) in [4.78, 5) is 0. The van der Waals surface area contributed by atoms with Crippen LogP contribution in [0.25, 0.3) is 0 Å². The zero-order valence-electron chi connectivity index (χ0n) is 19.3. The lowest BCUT2D eigenvalue weighted by atomic mass is 10.1. The topological polar surface area (TPSA) is 77.8 Å². The van der Waals surface area contributed by atoms with Crippen LogP contribution in [-0.4, -0.2) is 20.4 Å². The third-order valence-electron chi connectivity index (χ3n) is 5.34. The van der Waals surface area contributed by atoms with E-state index in [1.54, 1.807) is 23.5 Å². The summed E-state index contributed by atoms with van der Waals surface area (Å²) < 4.78 is 11.5. The van der Waals surface area contributed by atoms with E-state index in [4.69, 9.17) is 8.83 Å². The highest BCUT2D eigenvalue weighted by molar-refractivity contribution is 7.98. The normalized spacial score (nSPS) is 11.2. The fourth-order valence-electron chi connectivity index (χ4n) is 3.49. The first kappa shape index (κ1) is 24.5. The minimum absolute atomic E-state index is 0.654. The van der Waals surface area contributed by atoms with E-state index >= 15 is 0 Å². The molecule has 0 aliphatic carbocycles. The zero-order valence-corrected chi connectivity index (χ0v) is 20.9. The molecule has 0 saturated carbocycles. The van der Waals surface area contributed by atoms with Crippen LogP contribution in [0.5, 0.6) is 0 Å². The molecule has 4 rings (SSSR count). The Hall–Kier alpha value is -2.58. The van der Waals surface area contributed by atoms with Crippen molar-refractivity contribution in [2.75, 3.05) is 0 Å². The van der Waals surface area contributed by atoms with Gasteiger partial charge in [-0.15, -0.1) is 20.4 Å². The monoisotopic (exact) mass is 494 g/mol. The predicted octanol–water partition coefficient (Wildman–Crippen LogP) is 7.16. The van der Waals surface area contributed by atoms with E-state index in [-0.39, 0.29) is 0 Å². The summed E-state index contributed by atoms with van der Waals surface area (Å²) in [5, 5.41) is 18.0. The van der Waals surface area contributed by atoms with Gasteiger partial charge in [0.05, 0.1) is 0 Å². The number of hydrogen-bond acceptors (Lipinski definition) is 8. The maximum Gasteiger partial charge on any atom is 0.276 e. The van der Waals surface area contributed by atoms with E-state index in [0.29, 0.717) is 10.4 Å². The molecule has 0 aliphatic heterocycles. The Labute approximate surface area is 209 Å². The van der Waals surface area contributed by atoms with E-state index in [1.165, 1.54) is 36.8 Å². The smallest absolute Gasteiger partial charge is 0.276 e. The molecule has 0 saturated heterocycles. The molecule has 34 heavy (non-hydrogen) atoms. The second-order valence-electron chi connectivity index (χ2n) is 8.09. The quantitative estimate of drug-likeness (QED) is 0.127. The van der Waals surface area contributed by atoms with Crippen LogP contribution >= 0.6 is 23.5 Å². The van der Waals surface area contributed by atoms with Crippen LogP contribution in [0, 0.1) is 0 Å². The SMILES string of the molecule is c1ccc(CSc2nnc(CCCCCCCCc3nnc(SCc4ccccc4)o3)o2)cc1. The van der Waals surface area contributed by atoms with Gasteiger partial charge in [-0.3, -0.25) is 0 Å². The predicted molar refractivity (Wildman–Crippen MR) is 136 cm³/mol. The maximum atomic E-state index is 5.76. The van der Waals surface area contributed by atoms with E-state index in [9.17, 15) is 0 Å². The van der Waals surface area contributed by atoms with Crippen LogP contribution in [-0.2, 0) is 24.3 Å². The molecule has 0 bridgehead atoms. The van der Waals surface area contributed by atoms with E-state index in [0.717, 1.165) is 49.0 Å². The van der Waals surface area contributed by atoms with Crippen molar-refractivity contribution in [3.8, 4) is 0 Å². The molecule has 0 aliphatic rings. The Morgan fingerprint density at radius 3 is 1.35 bits per heavy atom. The molecule has 0 atom stereocenters. The van der Waals surface area contributed by atoms with Crippen molar-refractivity contribution in [1.82, 2.24) is 20.4 Å². The van der Waals surface area contributed by atoms with Crippen LogP contribution in [0.15, 0.2) is 79.9 Å². The largest absolute Gasteiger partial charge is 0.416 e. The average molecular weight is 495 g/mol. The fourth-order valence-corrected chi connectivity index (χ4v) is 4.97. The lowest BCUT2D eigenvalue weighted by Gasteiger charge is -2.00. The Morgan fingerprint density at radius 2 is 0.912 bits per heavy atom. The van der Waals surface area contributed by atoms with Gasteiger partial charge in [-0.2, -0.15) is 0 Å². The number of aromatic nitrogens is 4. The third-order valence-corrected chi connectivity index (χ3v) is 7.12. The summed E-state index contributed by atoms with van der Waals surface area (Å²) in [5.74, 6) is 3.18. The van der Waals surface area contributed by atoms with E-state index in [1.807, 2.05) is 36.4 Å². The molecule has 2 aromatic carbocycles. The average Bonchev–Trinajstić information content (AvgIpc) is 3.54. The van der Waals surface area contributed by atoms with Crippen LogP contribution < -0.4 is 0 Å². The molecule has 6 nitrogen and oxygen atoms in total. The van der Waals surface area contributed by atoms with Gasteiger partial charge in [-0.25, -0.2) is 0 Å². The Morgan fingerprint density at radius 1 is 0.500 bits per heavy atom. The number of rotatable bonds is 15. The second-order valence-corrected chi connectivity index (χ2v) is 9.95. The fraction of sp³-hybridized carbons (Fsp3) is 0.385. The van der Waals surface area contributed by atoms with Crippen molar-refractivity contribution in [1.29, 1.82) is 0 Å². The van der Waals surface area contributed by atoms with Gasteiger partial charge in [-0.05, 0) is 24.0 Å². The number of aryl methyl sites for hydroxylation is 2. The van der Waals surface area contributed by atoms with Crippen molar-refractivity contribution in [2.24, 2.45) is 0 Å². The highest BCUT2D eigenvalue weighted by Crippen LogP contribution is 2.23. The molecule has 8 heteroatoms. The van der Waals surface area contributed by atoms with Gasteiger partial charge in [0.15, 0.2) is 0 Å². The number of thioether (sulfide) groups is 2. The lowest BCUT2D eigenvalue weighted by Crippen LogP contribution is -1.88. The first-order valence-corrected chi connectivity index (χ1v) is 13.8. The molecular weight excluding hydrogens is 464 g/mol. The molecule has 0 unspecified atom stereocenters. The maximum absolute atomic E-state index is 5.76. The van der Waals surface area contributed by atoms with E-state index < -0.39 is 0 Å². The number of benzene rings is 2. The number of unbranched alkanes of at least 4 members (excludes halogenated alkanes) is 5. The Bertz CT molecular complexity index is 999. The molecule has 0 fully saturated rings. The molecule has 0 radical (unpaired) electrons. The molecule has 0 spiro atoms. The van der Waals surface area contributed by atoms with Crippen LogP contribution in [0.4, 0.5) is 0 Å². The molecule has 2 aromatic heterocycles. The van der Waals surface area contributed by atoms with Gasteiger partial charge in [0.1, 0.15) is 0 Å². The first-order valence-electron chi connectivity index (χ1n) is 11.8. The summed E-state index contributed by atoms with van der Waals surface area (Å²) in [6.07, 6.45) is 8.64. The lowest BCUT2D eigenvalue weighted by molar-refractivity contribution is 0.402.